The van der Waals surface area contributed by atoms with Gasteiger partial charge in [-0.05, 0) is 56.3 Å². The molecule has 100 valence electrons. The van der Waals surface area contributed by atoms with Crippen molar-refractivity contribution in [1.82, 2.24) is 5.32 Å². The van der Waals surface area contributed by atoms with Crippen LogP contribution in [0.15, 0.2) is 24.3 Å². The van der Waals surface area contributed by atoms with Crippen LogP contribution in [0.25, 0.3) is 0 Å². The lowest BCUT2D eigenvalue weighted by Gasteiger charge is -2.22. The van der Waals surface area contributed by atoms with Crippen molar-refractivity contribution in [3.63, 3.8) is 0 Å². The van der Waals surface area contributed by atoms with E-state index in [0.717, 1.165) is 50.4 Å². The van der Waals surface area contributed by atoms with Crippen molar-refractivity contribution in [2.45, 2.75) is 31.9 Å². The Balaban J connectivity index is 1.92. The number of halogens is 3. The maximum atomic E-state index is 12.6. The van der Waals surface area contributed by atoms with Gasteiger partial charge in [0.1, 0.15) is 0 Å². The summed E-state index contributed by atoms with van der Waals surface area (Å²) in [6, 6.07) is 5.70. The van der Waals surface area contributed by atoms with Crippen LogP contribution in [0.1, 0.15) is 30.4 Å². The zero-order valence-electron chi connectivity index (χ0n) is 10.3. The smallest absolute Gasteiger partial charge is 0.317 e. The minimum atomic E-state index is -4.23. The van der Waals surface area contributed by atoms with Gasteiger partial charge in [-0.2, -0.15) is 13.2 Å². The van der Waals surface area contributed by atoms with E-state index in [1.807, 2.05) is 0 Å². The molecule has 1 saturated heterocycles. The van der Waals surface area contributed by atoms with Crippen molar-refractivity contribution < 1.29 is 13.2 Å². The predicted octanol–water partition coefficient (Wildman–Crippen LogP) is 3.64. The van der Waals surface area contributed by atoms with Crippen LogP contribution >= 0.6 is 0 Å². The van der Waals surface area contributed by atoms with Gasteiger partial charge in [-0.15, -0.1) is 0 Å². The van der Waals surface area contributed by atoms with E-state index in [2.05, 4.69) is 5.32 Å². The molecule has 18 heavy (non-hydrogen) atoms. The first-order chi connectivity index (χ1) is 8.55. The highest BCUT2D eigenvalue weighted by molar-refractivity contribution is 5.25. The van der Waals surface area contributed by atoms with Gasteiger partial charge in [0, 0.05) is 0 Å². The van der Waals surface area contributed by atoms with Crippen LogP contribution in [0.2, 0.25) is 0 Å². The molecule has 1 nitrogen and oxygen atoms in total. The summed E-state index contributed by atoms with van der Waals surface area (Å²) in [6.07, 6.45) is -0.222. The van der Waals surface area contributed by atoms with Crippen LogP contribution in [-0.2, 0) is 12.6 Å². The maximum absolute atomic E-state index is 12.6. The topological polar surface area (TPSA) is 12.0 Å². The molecule has 0 spiro atoms. The molecule has 0 saturated carbocycles. The van der Waals surface area contributed by atoms with Crippen LogP contribution in [0.3, 0.4) is 0 Å². The zero-order valence-corrected chi connectivity index (χ0v) is 10.3. The molecule has 1 aromatic carbocycles. The van der Waals surface area contributed by atoms with Gasteiger partial charge in [0.15, 0.2) is 0 Å². The van der Waals surface area contributed by atoms with Gasteiger partial charge in [-0.25, -0.2) is 0 Å². The van der Waals surface area contributed by atoms with E-state index in [0.29, 0.717) is 5.92 Å². The Labute approximate surface area is 105 Å². The quantitative estimate of drug-likeness (QED) is 0.871. The molecular weight excluding hydrogens is 239 g/mol. The molecule has 0 unspecified atom stereocenters. The normalized spacial score (nSPS) is 17.9. The molecule has 1 fully saturated rings. The molecular formula is C14H18F3N. The van der Waals surface area contributed by atoms with Crippen molar-refractivity contribution in [2.75, 3.05) is 13.1 Å². The number of benzene rings is 1. The third-order valence-electron chi connectivity index (χ3n) is 3.55. The summed E-state index contributed by atoms with van der Waals surface area (Å²) < 4.78 is 37.7. The number of hydrogen-bond donors (Lipinski definition) is 1. The first-order valence-electron chi connectivity index (χ1n) is 6.42. The van der Waals surface area contributed by atoms with Gasteiger partial charge < -0.3 is 5.32 Å². The lowest BCUT2D eigenvalue weighted by molar-refractivity contribution is -0.137. The molecule has 0 atom stereocenters. The van der Waals surface area contributed by atoms with Crippen molar-refractivity contribution >= 4 is 0 Å². The number of nitrogens with one attached hydrogen (secondary N) is 1. The molecule has 0 amide bonds. The molecule has 4 heteroatoms. The van der Waals surface area contributed by atoms with Crippen molar-refractivity contribution in [1.29, 1.82) is 0 Å². The van der Waals surface area contributed by atoms with Gasteiger partial charge in [0.05, 0.1) is 5.56 Å². The Morgan fingerprint density at radius 2 is 1.89 bits per heavy atom. The van der Waals surface area contributed by atoms with E-state index >= 15 is 0 Å². The number of piperidine rings is 1. The fourth-order valence-corrected chi connectivity index (χ4v) is 2.44. The summed E-state index contributed by atoms with van der Waals surface area (Å²) in [5.41, 5.74) is 0.258. The number of aryl methyl sites for hydroxylation is 1. The van der Waals surface area contributed by atoms with E-state index in [4.69, 9.17) is 0 Å². The number of rotatable bonds is 3. The third-order valence-corrected chi connectivity index (χ3v) is 3.55. The lowest BCUT2D eigenvalue weighted by atomic mass is 9.91. The zero-order chi connectivity index (χ0) is 13.0. The van der Waals surface area contributed by atoms with Crippen LogP contribution in [-0.4, -0.2) is 13.1 Å². The van der Waals surface area contributed by atoms with E-state index in [-0.39, 0.29) is 0 Å². The van der Waals surface area contributed by atoms with Crippen LogP contribution in [0, 0.1) is 5.92 Å². The third kappa shape index (κ3) is 3.73. The van der Waals surface area contributed by atoms with Gasteiger partial charge in [0.2, 0.25) is 0 Å². The Kier molecular flexibility index (Phi) is 4.27. The number of alkyl halides is 3. The van der Waals surface area contributed by atoms with Crippen molar-refractivity contribution in [2.24, 2.45) is 5.92 Å². The number of hydrogen-bond acceptors (Lipinski definition) is 1. The molecule has 1 aliphatic rings. The van der Waals surface area contributed by atoms with E-state index in [9.17, 15) is 13.2 Å². The second kappa shape index (κ2) is 5.74. The van der Waals surface area contributed by atoms with Crippen LogP contribution in [0.5, 0.6) is 0 Å². The monoisotopic (exact) mass is 257 g/mol. The molecule has 0 aliphatic carbocycles. The second-order valence-corrected chi connectivity index (χ2v) is 4.93. The molecule has 1 aliphatic heterocycles. The van der Waals surface area contributed by atoms with Crippen molar-refractivity contribution in [3.8, 4) is 0 Å². The Morgan fingerprint density at radius 3 is 2.56 bits per heavy atom. The summed E-state index contributed by atoms with van der Waals surface area (Å²) in [5, 5.41) is 3.29. The summed E-state index contributed by atoms with van der Waals surface area (Å²) in [4.78, 5) is 0. The first kappa shape index (κ1) is 13.4. The van der Waals surface area contributed by atoms with Gasteiger partial charge in [0.25, 0.3) is 0 Å². The summed E-state index contributed by atoms with van der Waals surface area (Å²) in [5.74, 6) is 0.654. The van der Waals surface area contributed by atoms with Gasteiger partial charge in [-0.3, -0.25) is 0 Å². The fraction of sp³-hybridized carbons (Fsp3) is 0.571. The average Bonchev–Trinajstić information content (AvgIpc) is 2.37. The van der Waals surface area contributed by atoms with Crippen molar-refractivity contribution in [3.05, 3.63) is 35.4 Å². The maximum Gasteiger partial charge on any atom is 0.416 e. The van der Waals surface area contributed by atoms with Gasteiger partial charge >= 0.3 is 6.18 Å². The molecule has 1 aromatic rings. The lowest BCUT2D eigenvalue weighted by Crippen LogP contribution is -2.27. The minimum absolute atomic E-state index is 0.537. The van der Waals surface area contributed by atoms with E-state index in [1.54, 1.807) is 6.07 Å². The summed E-state index contributed by atoms with van der Waals surface area (Å²) in [6.45, 7) is 2.07. The Bertz CT molecular complexity index is 381. The van der Waals surface area contributed by atoms with Crippen LogP contribution in [0.4, 0.5) is 13.2 Å². The SMILES string of the molecule is FC(F)(F)c1cccc(CCC2CCNCC2)c1. The Hall–Kier alpha value is -1.03. The first-order valence-corrected chi connectivity index (χ1v) is 6.42. The molecule has 2 rings (SSSR count). The highest BCUT2D eigenvalue weighted by Gasteiger charge is 2.30. The minimum Gasteiger partial charge on any atom is -0.317 e. The largest absolute Gasteiger partial charge is 0.416 e. The molecule has 1 heterocycles. The van der Waals surface area contributed by atoms with E-state index < -0.39 is 11.7 Å². The van der Waals surface area contributed by atoms with Crippen LogP contribution < -0.4 is 5.32 Å². The Morgan fingerprint density at radius 1 is 1.17 bits per heavy atom. The second-order valence-electron chi connectivity index (χ2n) is 4.93. The van der Waals surface area contributed by atoms with E-state index in [1.165, 1.54) is 12.1 Å². The molecule has 0 radical (unpaired) electrons. The molecule has 0 aromatic heterocycles. The summed E-state index contributed by atoms with van der Waals surface area (Å²) >= 11 is 0. The fourth-order valence-electron chi connectivity index (χ4n) is 2.44. The average molecular weight is 257 g/mol. The molecule has 0 bridgehead atoms. The van der Waals surface area contributed by atoms with Gasteiger partial charge in [-0.1, -0.05) is 18.2 Å². The highest BCUT2D eigenvalue weighted by Crippen LogP contribution is 2.30. The standard InChI is InChI=1S/C14H18F3N/c15-14(16,17)13-3-1-2-12(10-13)5-4-11-6-8-18-9-7-11/h1-3,10-11,18H,4-9H2. The predicted molar refractivity (Wildman–Crippen MR) is 65.4 cm³/mol. The highest BCUT2D eigenvalue weighted by atomic mass is 19.4. The summed E-state index contributed by atoms with van der Waals surface area (Å²) in [7, 11) is 0. The molecule has 1 N–H and O–H groups in total.